The summed E-state index contributed by atoms with van der Waals surface area (Å²) in [5, 5.41) is 12.7. The lowest BCUT2D eigenvalue weighted by molar-refractivity contribution is -0.137. The van der Waals surface area contributed by atoms with Crippen molar-refractivity contribution in [2.24, 2.45) is 18.9 Å². The van der Waals surface area contributed by atoms with Crippen molar-refractivity contribution in [2.75, 3.05) is 22.9 Å². The number of fused-ring (bicyclic) bond motifs is 1. The Morgan fingerprint density at radius 1 is 0.925 bits per heavy atom. The highest BCUT2D eigenvalue weighted by atomic mass is 19.4. The molecule has 0 bridgehead atoms. The van der Waals surface area contributed by atoms with Crippen molar-refractivity contribution in [3.8, 4) is 0 Å². The first-order valence-corrected chi connectivity index (χ1v) is 14.6. The molecule has 40 heavy (non-hydrogen) atoms. The Labute approximate surface area is 234 Å². The van der Waals surface area contributed by atoms with Gasteiger partial charge >= 0.3 is 6.18 Å². The van der Waals surface area contributed by atoms with Gasteiger partial charge in [0.2, 0.25) is 0 Å². The van der Waals surface area contributed by atoms with Crippen molar-refractivity contribution < 1.29 is 13.2 Å². The zero-order valence-electron chi connectivity index (χ0n) is 24.0. The number of pyridine rings is 1. The second-order valence-electron chi connectivity index (χ2n) is 11.4. The SMILES string of the molecule is CC.Cc1cc(CN(Cc2cc3c(nc2N(CC2CC2)CC2CC2)CCC3)c2nnn(C)n2)cc(C(F)(F)F)c1. The van der Waals surface area contributed by atoms with E-state index in [2.05, 4.69) is 26.4 Å². The number of hydrogen-bond acceptors (Lipinski definition) is 6. The maximum Gasteiger partial charge on any atom is 0.416 e. The van der Waals surface area contributed by atoms with E-state index in [0.29, 0.717) is 23.6 Å². The highest BCUT2D eigenvalue weighted by Gasteiger charge is 2.33. The van der Waals surface area contributed by atoms with Gasteiger partial charge in [0.05, 0.1) is 12.6 Å². The van der Waals surface area contributed by atoms with Gasteiger partial charge < -0.3 is 9.80 Å². The van der Waals surface area contributed by atoms with Gasteiger partial charge in [0.15, 0.2) is 0 Å². The van der Waals surface area contributed by atoms with Crippen LogP contribution in [0.3, 0.4) is 0 Å². The van der Waals surface area contributed by atoms with Gasteiger partial charge in [0, 0.05) is 37.4 Å². The molecule has 7 nitrogen and oxygen atoms in total. The summed E-state index contributed by atoms with van der Waals surface area (Å²) in [6.45, 7) is 8.41. The number of benzene rings is 1. The number of halogens is 3. The van der Waals surface area contributed by atoms with Crippen molar-refractivity contribution in [1.29, 1.82) is 0 Å². The fourth-order valence-corrected chi connectivity index (χ4v) is 5.51. The highest BCUT2D eigenvalue weighted by molar-refractivity contribution is 5.53. The summed E-state index contributed by atoms with van der Waals surface area (Å²) < 4.78 is 40.7. The third kappa shape index (κ3) is 6.93. The van der Waals surface area contributed by atoms with Crippen molar-refractivity contribution in [3.05, 3.63) is 57.8 Å². The average molecular weight is 556 g/mol. The number of nitrogens with zero attached hydrogens (tertiary/aromatic N) is 7. The van der Waals surface area contributed by atoms with Crippen LogP contribution in [0, 0.1) is 18.8 Å². The first-order valence-electron chi connectivity index (χ1n) is 14.6. The second-order valence-corrected chi connectivity index (χ2v) is 11.4. The minimum absolute atomic E-state index is 0.234. The monoisotopic (exact) mass is 555 g/mol. The molecule has 0 aliphatic heterocycles. The predicted octanol–water partition coefficient (Wildman–Crippen LogP) is 6.28. The van der Waals surface area contributed by atoms with Gasteiger partial charge in [-0.25, -0.2) is 4.98 Å². The number of alkyl halides is 3. The fourth-order valence-electron chi connectivity index (χ4n) is 5.51. The molecule has 0 spiro atoms. The van der Waals surface area contributed by atoms with Crippen LogP contribution in [-0.2, 0) is 39.2 Å². The molecule has 6 rings (SSSR count). The molecule has 3 aliphatic carbocycles. The smallest absolute Gasteiger partial charge is 0.356 e. The van der Waals surface area contributed by atoms with Gasteiger partial charge in [-0.2, -0.15) is 18.0 Å². The topological polar surface area (TPSA) is 63.0 Å². The third-order valence-electron chi connectivity index (χ3n) is 7.74. The van der Waals surface area contributed by atoms with Gasteiger partial charge in [-0.05, 0) is 98.2 Å². The quantitative estimate of drug-likeness (QED) is 0.293. The Balaban J connectivity index is 0.00000158. The summed E-state index contributed by atoms with van der Waals surface area (Å²) in [6.07, 6.45) is 3.80. The van der Waals surface area contributed by atoms with E-state index in [4.69, 9.17) is 4.98 Å². The second kappa shape index (κ2) is 11.7. The van der Waals surface area contributed by atoms with E-state index in [-0.39, 0.29) is 6.54 Å². The van der Waals surface area contributed by atoms with E-state index in [1.54, 1.807) is 20.0 Å². The highest BCUT2D eigenvalue weighted by Crippen LogP contribution is 2.38. The average Bonchev–Trinajstić information content (AvgIpc) is 3.82. The van der Waals surface area contributed by atoms with Crippen LogP contribution in [0.25, 0.3) is 0 Å². The number of aryl methyl sites for hydroxylation is 4. The van der Waals surface area contributed by atoms with E-state index >= 15 is 0 Å². The molecule has 0 saturated heterocycles. The Kier molecular flexibility index (Phi) is 8.33. The Bertz CT molecular complexity index is 1300. The number of aromatic nitrogens is 5. The number of hydrogen-bond donors (Lipinski definition) is 0. The Morgan fingerprint density at radius 2 is 1.62 bits per heavy atom. The number of rotatable bonds is 10. The third-order valence-corrected chi connectivity index (χ3v) is 7.74. The van der Waals surface area contributed by atoms with Crippen molar-refractivity contribution in [2.45, 2.75) is 85.0 Å². The standard InChI is InChI=1S/C28H34F3N7.C2H6/c1-18-10-21(12-24(11-18)28(29,30)31)16-38(27-33-35-36(2)34-27)17-23-13-22-4-3-5-25(22)32-26(23)37(14-19-6-7-19)15-20-8-9-20;1-2/h10-13,19-20H,3-9,14-17H2,1-2H3;1-2H3. The zero-order chi connectivity index (χ0) is 28.4. The molecule has 1 aromatic carbocycles. The molecule has 216 valence electrons. The largest absolute Gasteiger partial charge is 0.416 e. The van der Waals surface area contributed by atoms with Gasteiger partial charge in [0.25, 0.3) is 5.95 Å². The summed E-state index contributed by atoms with van der Waals surface area (Å²) in [7, 11) is 1.69. The molecule has 10 heteroatoms. The van der Waals surface area contributed by atoms with Gasteiger partial charge in [-0.1, -0.05) is 30.6 Å². The lowest BCUT2D eigenvalue weighted by Crippen LogP contribution is -2.32. The Hall–Kier alpha value is -3.17. The maximum atomic E-state index is 13.6. The molecule has 0 radical (unpaired) electrons. The van der Waals surface area contributed by atoms with Crippen LogP contribution in [0.4, 0.5) is 24.9 Å². The fraction of sp³-hybridized carbons (Fsp3) is 0.600. The first-order chi connectivity index (χ1) is 19.2. The molecule has 2 fully saturated rings. The molecule has 0 amide bonds. The summed E-state index contributed by atoms with van der Waals surface area (Å²) in [5.74, 6) is 2.87. The first kappa shape index (κ1) is 28.4. The number of anilines is 2. The summed E-state index contributed by atoms with van der Waals surface area (Å²) in [6, 6.07) is 6.49. The van der Waals surface area contributed by atoms with E-state index in [9.17, 15) is 13.2 Å². The van der Waals surface area contributed by atoms with Crippen molar-refractivity contribution >= 4 is 11.8 Å². The van der Waals surface area contributed by atoms with E-state index in [1.165, 1.54) is 53.9 Å². The molecule has 0 N–H and O–H groups in total. The van der Waals surface area contributed by atoms with Crippen molar-refractivity contribution in [1.82, 2.24) is 25.2 Å². The number of tetrazole rings is 1. The van der Waals surface area contributed by atoms with E-state index in [1.807, 2.05) is 18.7 Å². The lowest BCUT2D eigenvalue weighted by Gasteiger charge is -2.29. The van der Waals surface area contributed by atoms with E-state index in [0.717, 1.165) is 55.6 Å². The molecular weight excluding hydrogens is 515 g/mol. The molecular formula is C30H40F3N7. The molecule has 2 saturated carbocycles. The van der Waals surface area contributed by atoms with Gasteiger partial charge in [0.1, 0.15) is 5.82 Å². The zero-order valence-corrected chi connectivity index (χ0v) is 24.0. The predicted molar refractivity (Wildman–Crippen MR) is 150 cm³/mol. The summed E-state index contributed by atoms with van der Waals surface area (Å²) in [4.78, 5) is 11.0. The molecule has 0 unspecified atom stereocenters. The minimum Gasteiger partial charge on any atom is -0.356 e. The van der Waals surface area contributed by atoms with Crippen LogP contribution < -0.4 is 9.80 Å². The summed E-state index contributed by atoms with van der Waals surface area (Å²) in [5.41, 5.74) is 4.05. The molecule has 0 atom stereocenters. The van der Waals surface area contributed by atoms with Crippen LogP contribution in [0.5, 0.6) is 0 Å². The van der Waals surface area contributed by atoms with Gasteiger partial charge in [-0.3, -0.25) is 0 Å². The van der Waals surface area contributed by atoms with Crippen molar-refractivity contribution in [3.63, 3.8) is 0 Å². The van der Waals surface area contributed by atoms with Crippen LogP contribution in [0.2, 0.25) is 0 Å². The van der Waals surface area contributed by atoms with Crippen LogP contribution in [-0.4, -0.2) is 38.3 Å². The molecule has 2 aromatic heterocycles. The summed E-state index contributed by atoms with van der Waals surface area (Å²) >= 11 is 0. The molecule has 3 aromatic rings. The lowest BCUT2D eigenvalue weighted by atomic mass is 10.0. The van der Waals surface area contributed by atoms with Crippen LogP contribution >= 0.6 is 0 Å². The van der Waals surface area contributed by atoms with Gasteiger partial charge in [-0.15, -0.1) is 5.10 Å². The maximum absolute atomic E-state index is 13.6. The van der Waals surface area contributed by atoms with Crippen LogP contribution in [0.1, 0.15) is 79.5 Å². The Morgan fingerprint density at radius 3 is 2.23 bits per heavy atom. The van der Waals surface area contributed by atoms with E-state index < -0.39 is 11.7 Å². The molecule has 2 heterocycles. The van der Waals surface area contributed by atoms with Crippen LogP contribution in [0.15, 0.2) is 24.3 Å². The normalized spacial score (nSPS) is 16.4. The molecule has 3 aliphatic rings. The minimum atomic E-state index is -4.40.